The smallest absolute Gasteiger partial charge is 0.252 e. The zero-order chi connectivity index (χ0) is 11.4. The third kappa shape index (κ3) is 2.05. The average molecular weight is 221 g/mol. The second kappa shape index (κ2) is 4.77. The fraction of sp³-hybridized carbons (Fsp3) is 0.333. The Labute approximate surface area is 92.0 Å². The summed E-state index contributed by atoms with van der Waals surface area (Å²) in [5.41, 5.74) is 0.630. The lowest BCUT2D eigenvalue weighted by atomic mass is 10.4. The average Bonchev–Trinajstić information content (AvgIpc) is 2.85. The molecule has 7 heteroatoms. The van der Waals surface area contributed by atoms with Crippen molar-refractivity contribution in [2.75, 3.05) is 14.2 Å². The van der Waals surface area contributed by atoms with Crippen LogP contribution in [0.5, 0.6) is 0 Å². The second-order valence-corrected chi connectivity index (χ2v) is 2.93. The normalized spacial score (nSPS) is 10.9. The van der Waals surface area contributed by atoms with Crippen LogP contribution in [0, 0.1) is 0 Å². The van der Waals surface area contributed by atoms with E-state index in [2.05, 4.69) is 20.3 Å². The Morgan fingerprint density at radius 1 is 1.25 bits per heavy atom. The number of aromatic nitrogens is 5. The van der Waals surface area contributed by atoms with E-state index in [9.17, 15) is 0 Å². The molecule has 0 atom stereocenters. The standard InChI is InChI=1S/C9H11N5O2/c1-15-8(16-2)7-3-4-10-9(12-7)14-6-5-11-13-14/h3-6,8H,1-2H3. The largest absolute Gasteiger partial charge is 0.350 e. The highest BCUT2D eigenvalue weighted by Gasteiger charge is 2.12. The van der Waals surface area contributed by atoms with Gasteiger partial charge in [-0.2, -0.15) is 4.68 Å². The van der Waals surface area contributed by atoms with Gasteiger partial charge in [-0.25, -0.2) is 9.97 Å². The lowest BCUT2D eigenvalue weighted by molar-refractivity contribution is -0.108. The van der Waals surface area contributed by atoms with E-state index in [0.29, 0.717) is 11.6 Å². The lowest BCUT2D eigenvalue weighted by Crippen LogP contribution is -2.10. The van der Waals surface area contributed by atoms with E-state index in [-0.39, 0.29) is 0 Å². The Balaban J connectivity index is 2.33. The molecule has 2 aromatic heterocycles. The number of hydrogen-bond acceptors (Lipinski definition) is 6. The van der Waals surface area contributed by atoms with Crippen LogP contribution in [-0.2, 0) is 9.47 Å². The molecule has 2 heterocycles. The van der Waals surface area contributed by atoms with Crippen molar-refractivity contribution < 1.29 is 9.47 Å². The van der Waals surface area contributed by atoms with Crippen molar-refractivity contribution in [1.82, 2.24) is 25.0 Å². The fourth-order valence-electron chi connectivity index (χ4n) is 1.26. The van der Waals surface area contributed by atoms with E-state index in [4.69, 9.17) is 9.47 Å². The highest BCUT2D eigenvalue weighted by Crippen LogP contribution is 2.14. The van der Waals surface area contributed by atoms with Crippen LogP contribution in [0.25, 0.3) is 5.95 Å². The summed E-state index contributed by atoms with van der Waals surface area (Å²) >= 11 is 0. The molecule has 0 aliphatic carbocycles. The maximum absolute atomic E-state index is 5.10. The molecule has 7 nitrogen and oxygen atoms in total. The number of nitrogens with zero attached hydrogens (tertiary/aromatic N) is 5. The van der Waals surface area contributed by atoms with Gasteiger partial charge in [-0.15, -0.1) is 5.10 Å². The van der Waals surface area contributed by atoms with E-state index >= 15 is 0 Å². The Morgan fingerprint density at radius 3 is 2.69 bits per heavy atom. The Bertz CT molecular complexity index is 441. The van der Waals surface area contributed by atoms with E-state index < -0.39 is 6.29 Å². The first kappa shape index (κ1) is 10.7. The van der Waals surface area contributed by atoms with Gasteiger partial charge in [0.25, 0.3) is 5.95 Å². The van der Waals surface area contributed by atoms with Crippen LogP contribution in [-0.4, -0.2) is 39.2 Å². The van der Waals surface area contributed by atoms with Gasteiger partial charge in [0, 0.05) is 20.4 Å². The lowest BCUT2D eigenvalue weighted by Gasteiger charge is -2.12. The van der Waals surface area contributed by atoms with Crippen LogP contribution in [0.4, 0.5) is 0 Å². The number of ether oxygens (including phenoxy) is 2. The van der Waals surface area contributed by atoms with Gasteiger partial charge in [0.2, 0.25) is 6.29 Å². The van der Waals surface area contributed by atoms with E-state index in [1.807, 2.05) is 0 Å². The van der Waals surface area contributed by atoms with E-state index in [1.54, 1.807) is 38.9 Å². The third-order valence-electron chi connectivity index (χ3n) is 1.96. The van der Waals surface area contributed by atoms with Crippen molar-refractivity contribution in [1.29, 1.82) is 0 Å². The van der Waals surface area contributed by atoms with Gasteiger partial charge in [0.05, 0.1) is 12.4 Å². The van der Waals surface area contributed by atoms with Gasteiger partial charge in [0.1, 0.15) is 5.69 Å². The van der Waals surface area contributed by atoms with Gasteiger partial charge in [-0.05, 0) is 6.07 Å². The predicted molar refractivity (Wildman–Crippen MR) is 53.7 cm³/mol. The van der Waals surface area contributed by atoms with Crippen LogP contribution < -0.4 is 0 Å². The highest BCUT2D eigenvalue weighted by molar-refractivity contribution is 5.13. The molecule has 0 aliphatic heterocycles. The highest BCUT2D eigenvalue weighted by atomic mass is 16.7. The molecule has 2 rings (SSSR count). The summed E-state index contributed by atoms with van der Waals surface area (Å²) in [6.07, 6.45) is 4.32. The molecule has 0 fully saturated rings. The first-order chi connectivity index (χ1) is 7.85. The number of methoxy groups -OCH3 is 2. The summed E-state index contributed by atoms with van der Waals surface area (Å²) in [6.45, 7) is 0. The topological polar surface area (TPSA) is 75.0 Å². The molecule has 0 amide bonds. The molecule has 0 aromatic carbocycles. The van der Waals surface area contributed by atoms with Crippen molar-refractivity contribution >= 4 is 0 Å². The molecule has 0 unspecified atom stereocenters. The van der Waals surface area contributed by atoms with Gasteiger partial charge in [-0.1, -0.05) is 5.21 Å². The molecule has 16 heavy (non-hydrogen) atoms. The van der Waals surface area contributed by atoms with E-state index in [0.717, 1.165) is 0 Å². The molecular formula is C9H11N5O2. The van der Waals surface area contributed by atoms with Gasteiger partial charge >= 0.3 is 0 Å². The maximum atomic E-state index is 5.10. The quantitative estimate of drug-likeness (QED) is 0.693. The van der Waals surface area contributed by atoms with Crippen molar-refractivity contribution in [3.05, 3.63) is 30.4 Å². The summed E-state index contributed by atoms with van der Waals surface area (Å²) in [4.78, 5) is 8.33. The minimum Gasteiger partial charge on any atom is -0.350 e. The third-order valence-corrected chi connectivity index (χ3v) is 1.96. The van der Waals surface area contributed by atoms with Crippen LogP contribution in [0.3, 0.4) is 0 Å². The number of hydrogen-bond donors (Lipinski definition) is 0. The van der Waals surface area contributed by atoms with Crippen LogP contribution in [0.2, 0.25) is 0 Å². The molecule has 0 N–H and O–H groups in total. The van der Waals surface area contributed by atoms with Crippen LogP contribution >= 0.6 is 0 Å². The van der Waals surface area contributed by atoms with Crippen molar-refractivity contribution in [2.45, 2.75) is 6.29 Å². The molecule has 2 aromatic rings. The Morgan fingerprint density at radius 2 is 2.06 bits per heavy atom. The van der Waals surface area contributed by atoms with Crippen molar-refractivity contribution in [2.24, 2.45) is 0 Å². The molecule has 0 spiro atoms. The molecule has 0 aliphatic rings. The Kier molecular flexibility index (Phi) is 3.18. The molecule has 0 bridgehead atoms. The summed E-state index contributed by atoms with van der Waals surface area (Å²) in [5, 5.41) is 7.48. The minimum absolute atomic E-state index is 0.425. The molecule has 0 radical (unpaired) electrons. The summed E-state index contributed by atoms with van der Waals surface area (Å²) in [7, 11) is 3.09. The monoisotopic (exact) mass is 221 g/mol. The number of rotatable bonds is 4. The fourth-order valence-corrected chi connectivity index (χ4v) is 1.26. The van der Waals surface area contributed by atoms with Crippen molar-refractivity contribution in [3.8, 4) is 5.95 Å². The first-order valence-corrected chi connectivity index (χ1v) is 4.60. The zero-order valence-electron chi connectivity index (χ0n) is 8.94. The second-order valence-electron chi connectivity index (χ2n) is 2.93. The molecule has 0 saturated carbocycles. The molecule has 84 valence electrons. The van der Waals surface area contributed by atoms with E-state index in [1.165, 1.54) is 4.68 Å². The van der Waals surface area contributed by atoms with Crippen LogP contribution in [0.1, 0.15) is 12.0 Å². The zero-order valence-corrected chi connectivity index (χ0v) is 8.94. The van der Waals surface area contributed by atoms with Gasteiger partial charge in [0.15, 0.2) is 0 Å². The Hall–Kier alpha value is -1.86. The SMILES string of the molecule is COC(OC)c1ccnc(-n2ccnn2)n1. The molecule has 0 saturated heterocycles. The predicted octanol–water partition coefficient (Wildman–Crippen LogP) is 0.349. The van der Waals surface area contributed by atoms with Crippen LogP contribution in [0.15, 0.2) is 24.7 Å². The summed E-state index contributed by atoms with van der Waals surface area (Å²) < 4.78 is 11.7. The maximum Gasteiger partial charge on any atom is 0.252 e. The summed E-state index contributed by atoms with van der Waals surface area (Å²) in [6, 6.07) is 1.72. The van der Waals surface area contributed by atoms with Crippen molar-refractivity contribution in [3.63, 3.8) is 0 Å². The molecular weight excluding hydrogens is 210 g/mol. The summed E-state index contributed by atoms with van der Waals surface area (Å²) in [5.74, 6) is 0.425. The minimum atomic E-state index is -0.509. The first-order valence-electron chi connectivity index (χ1n) is 4.60. The van der Waals surface area contributed by atoms with Gasteiger partial charge in [-0.3, -0.25) is 0 Å². The van der Waals surface area contributed by atoms with Gasteiger partial charge < -0.3 is 9.47 Å².